The summed E-state index contributed by atoms with van der Waals surface area (Å²) in [5.41, 5.74) is 6.64. The number of carbonyl (C=O) groups excluding carboxylic acids is 1. The Bertz CT molecular complexity index is 280. The van der Waals surface area contributed by atoms with Crippen molar-refractivity contribution in [1.29, 1.82) is 0 Å². The minimum absolute atomic E-state index is 0.241. The second kappa shape index (κ2) is 6.20. The molecule has 0 heterocycles. The summed E-state index contributed by atoms with van der Waals surface area (Å²) in [7, 11) is 0. The molecule has 1 saturated carbocycles. The van der Waals surface area contributed by atoms with E-state index in [-0.39, 0.29) is 11.3 Å². The molecule has 1 aliphatic rings. The fourth-order valence-corrected chi connectivity index (χ4v) is 2.72. The molecule has 0 atom stereocenters. The van der Waals surface area contributed by atoms with Crippen molar-refractivity contribution in [2.45, 2.75) is 46.0 Å². The fraction of sp³-hybridized carbons (Fsp3) is 0.786. The number of nitrogens with two attached hydrogens (primary N) is 1. The van der Waals surface area contributed by atoms with Gasteiger partial charge in [0.25, 0.3) is 0 Å². The molecule has 0 unspecified atom stereocenters. The van der Waals surface area contributed by atoms with Gasteiger partial charge in [-0.3, -0.25) is 4.79 Å². The molecule has 0 aliphatic heterocycles. The van der Waals surface area contributed by atoms with Crippen LogP contribution in [-0.4, -0.2) is 30.4 Å². The molecule has 1 aliphatic carbocycles. The van der Waals surface area contributed by atoms with E-state index < -0.39 is 0 Å². The third-order valence-corrected chi connectivity index (χ3v) is 3.78. The van der Waals surface area contributed by atoms with E-state index in [1.54, 1.807) is 0 Å². The summed E-state index contributed by atoms with van der Waals surface area (Å²) in [5, 5.41) is 0. The minimum Gasteiger partial charge on any atom is -0.338 e. The molecular formula is C14H26N2O. The first-order valence-electron chi connectivity index (χ1n) is 6.69. The predicted octanol–water partition coefficient (Wildman–Crippen LogP) is 2.32. The van der Waals surface area contributed by atoms with Crippen molar-refractivity contribution < 1.29 is 4.79 Å². The average molecular weight is 238 g/mol. The van der Waals surface area contributed by atoms with Crippen LogP contribution in [0.4, 0.5) is 0 Å². The standard InChI is InChI=1S/C14H26N2O/c1-4-16(10-12(2)3)13(17)14(11-15)8-6-5-7-9-14/h2,4-11,15H2,1,3H3. The van der Waals surface area contributed by atoms with E-state index in [1.165, 1.54) is 6.42 Å². The smallest absolute Gasteiger partial charge is 0.230 e. The molecule has 0 spiro atoms. The Labute approximate surface area is 105 Å². The fourth-order valence-electron chi connectivity index (χ4n) is 2.72. The average Bonchev–Trinajstić information content (AvgIpc) is 2.35. The molecule has 1 rings (SSSR count). The number of hydrogen-bond acceptors (Lipinski definition) is 2. The molecule has 0 aromatic rings. The van der Waals surface area contributed by atoms with Gasteiger partial charge in [-0.15, -0.1) is 0 Å². The number of rotatable bonds is 5. The Balaban J connectivity index is 2.78. The lowest BCUT2D eigenvalue weighted by Crippen LogP contribution is -2.49. The number of amides is 1. The Morgan fingerprint density at radius 1 is 1.35 bits per heavy atom. The van der Waals surface area contributed by atoms with Crippen LogP contribution in [0.5, 0.6) is 0 Å². The second-order valence-electron chi connectivity index (χ2n) is 5.32. The van der Waals surface area contributed by atoms with Crippen LogP contribution in [0.2, 0.25) is 0 Å². The SMILES string of the molecule is C=C(C)CN(CC)C(=O)C1(CN)CCCCC1. The topological polar surface area (TPSA) is 46.3 Å². The Morgan fingerprint density at radius 2 is 1.94 bits per heavy atom. The van der Waals surface area contributed by atoms with E-state index in [0.29, 0.717) is 13.1 Å². The summed E-state index contributed by atoms with van der Waals surface area (Å²) >= 11 is 0. The zero-order chi connectivity index (χ0) is 12.9. The molecule has 2 N–H and O–H groups in total. The highest BCUT2D eigenvalue weighted by Gasteiger charge is 2.40. The lowest BCUT2D eigenvalue weighted by atomic mass is 9.73. The third kappa shape index (κ3) is 3.32. The molecule has 98 valence electrons. The van der Waals surface area contributed by atoms with Crippen molar-refractivity contribution in [2.75, 3.05) is 19.6 Å². The summed E-state index contributed by atoms with van der Waals surface area (Å²) in [4.78, 5) is 14.5. The lowest BCUT2D eigenvalue weighted by molar-refractivity contribution is -0.143. The van der Waals surface area contributed by atoms with Gasteiger partial charge in [0.1, 0.15) is 0 Å². The van der Waals surface area contributed by atoms with Crippen LogP contribution in [0.1, 0.15) is 46.0 Å². The molecule has 0 radical (unpaired) electrons. The first kappa shape index (κ1) is 14.2. The number of hydrogen-bond donors (Lipinski definition) is 1. The second-order valence-corrected chi connectivity index (χ2v) is 5.32. The highest BCUT2D eigenvalue weighted by Crippen LogP contribution is 2.37. The van der Waals surface area contributed by atoms with E-state index in [9.17, 15) is 4.79 Å². The molecule has 1 amide bonds. The van der Waals surface area contributed by atoms with E-state index in [0.717, 1.165) is 37.8 Å². The van der Waals surface area contributed by atoms with Gasteiger partial charge in [0.05, 0.1) is 5.41 Å². The van der Waals surface area contributed by atoms with Crippen molar-refractivity contribution in [3.63, 3.8) is 0 Å². The molecule has 1 fully saturated rings. The number of likely N-dealkylation sites (N-methyl/N-ethyl adjacent to an activating group) is 1. The van der Waals surface area contributed by atoms with Crippen molar-refractivity contribution >= 4 is 5.91 Å². The van der Waals surface area contributed by atoms with E-state index in [2.05, 4.69) is 6.58 Å². The summed E-state index contributed by atoms with van der Waals surface area (Å²) in [5.74, 6) is 0.241. The number of nitrogens with zero attached hydrogens (tertiary/aromatic N) is 1. The van der Waals surface area contributed by atoms with Gasteiger partial charge in [-0.25, -0.2) is 0 Å². The molecule has 3 heteroatoms. The van der Waals surface area contributed by atoms with Gasteiger partial charge in [0.2, 0.25) is 5.91 Å². The molecule has 0 aromatic carbocycles. The van der Waals surface area contributed by atoms with Gasteiger partial charge in [0, 0.05) is 19.6 Å². The van der Waals surface area contributed by atoms with Gasteiger partial charge in [-0.1, -0.05) is 31.4 Å². The van der Waals surface area contributed by atoms with Crippen LogP contribution < -0.4 is 5.73 Å². The van der Waals surface area contributed by atoms with Crippen molar-refractivity contribution in [3.05, 3.63) is 12.2 Å². The highest BCUT2D eigenvalue weighted by molar-refractivity contribution is 5.83. The predicted molar refractivity (Wildman–Crippen MR) is 71.6 cm³/mol. The molecule has 0 aromatic heterocycles. The van der Waals surface area contributed by atoms with Gasteiger partial charge in [0.15, 0.2) is 0 Å². The van der Waals surface area contributed by atoms with Crippen molar-refractivity contribution in [2.24, 2.45) is 11.1 Å². The van der Waals surface area contributed by atoms with E-state index >= 15 is 0 Å². The Hall–Kier alpha value is -0.830. The molecule has 0 bridgehead atoms. The van der Waals surface area contributed by atoms with Crippen LogP contribution in [0.3, 0.4) is 0 Å². The quantitative estimate of drug-likeness (QED) is 0.747. The largest absolute Gasteiger partial charge is 0.338 e. The van der Waals surface area contributed by atoms with Gasteiger partial charge in [-0.05, 0) is 26.7 Å². The molecular weight excluding hydrogens is 212 g/mol. The van der Waals surface area contributed by atoms with Crippen LogP contribution >= 0.6 is 0 Å². The monoisotopic (exact) mass is 238 g/mol. The van der Waals surface area contributed by atoms with Crippen LogP contribution in [0, 0.1) is 5.41 Å². The Morgan fingerprint density at radius 3 is 2.35 bits per heavy atom. The maximum Gasteiger partial charge on any atom is 0.230 e. The van der Waals surface area contributed by atoms with Gasteiger partial charge in [-0.2, -0.15) is 0 Å². The molecule has 17 heavy (non-hydrogen) atoms. The summed E-state index contributed by atoms with van der Waals surface area (Å²) < 4.78 is 0. The normalized spacial score (nSPS) is 18.8. The Kier molecular flexibility index (Phi) is 5.19. The van der Waals surface area contributed by atoms with Crippen LogP contribution in [-0.2, 0) is 4.79 Å². The zero-order valence-corrected chi connectivity index (χ0v) is 11.3. The van der Waals surface area contributed by atoms with Gasteiger partial charge >= 0.3 is 0 Å². The maximum absolute atomic E-state index is 12.6. The summed E-state index contributed by atoms with van der Waals surface area (Å²) in [6, 6.07) is 0. The highest BCUT2D eigenvalue weighted by atomic mass is 16.2. The van der Waals surface area contributed by atoms with Crippen LogP contribution in [0.15, 0.2) is 12.2 Å². The molecule has 3 nitrogen and oxygen atoms in total. The van der Waals surface area contributed by atoms with E-state index in [1.807, 2.05) is 18.7 Å². The first-order valence-corrected chi connectivity index (χ1v) is 6.69. The number of carbonyl (C=O) groups is 1. The summed E-state index contributed by atoms with van der Waals surface area (Å²) in [6.07, 6.45) is 5.41. The lowest BCUT2D eigenvalue weighted by Gasteiger charge is -2.38. The van der Waals surface area contributed by atoms with Crippen LogP contribution in [0.25, 0.3) is 0 Å². The van der Waals surface area contributed by atoms with E-state index in [4.69, 9.17) is 5.73 Å². The van der Waals surface area contributed by atoms with Crippen molar-refractivity contribution in [3.8, 4) is 0 Å². The van der Waals surface area contributed by atoms with Gasteiger partial charge < -0.3 is 10.6 Å². The zero-order valence-electron chi connectivity index (χ0n) is 11.3. The summed E-state index contributed by atoms with van der Waals surface area (Å²) in [6.45, 7) is 9.77. The minimum atomic E-state index is -0.288. The van der Waals surface area contributed by atoms with Crippen molar-refractivity contribution in [1.82, 2.24) is 4.90 Å². The maximum atomic E-state index is 12.6. The first-order chi connectivity index (χ1) is 8.05. The third-order valence-electron chi connectivity index (χ3n) is 3.78. The molecule has 0 saturated heterocycles.